The second kappa shape index (κ2) is 8.43. The number of carbonyl (C=O) groups is 1. The van der Waals surface area contributed by atoms with Crippen LogP contribution < -0.4 is 5.43 Å². The molecular weight excluding hydrogens is 389 g/mol. The maximum absolute atomic E-state index is 13.8. The summed E-state index contributed by atoms with van der Waals surface area (Å²) >= 11 is 0. The number of amidine groups is 1. The Hall–Kier alpha value is -4.21. The fourth-order valence-electron chi connectivity index (χ4n) is 2.72. The van der Waals surface area contributed by atoms with E-state index in [-0.39, 0.29) is 23.9 Å². The third kappa shape index (κ3) is 3.97. The Bertz CT molecular complexity index is 1170. The average Bonchev–Trinajstić information content (AvgIpc) is 3.37. The van der Waals surface area contributed by atoms with E-state index in [9.17, 15) is 9.18 Å². The topological polar surface area (TPSA) is 106 Å². The number of rotatable bonds is 6. The zero-order valence-electron chi connectivity index (χ0n) is 15.9. The van der Waals surface area contributed by atoms with Crippen LogP contribution in [0.5, 0.6) is 0 Å². The molecule has 0 bridgehead atoms. The van der Waals surface area contributed by atoms with E-state index in [1.54, 1.807) is 17.8 Å². The molecule has 0 spiro atoms. The molecule has 2 aromatic carbocycles. The van der Waals surface area contributed by atoms with Crippen molar-refractivity contribution in [2.24, 2.45) is 22.4 Å². The first-order valence-electron chi connectivity index (χ1n) is 8.93. The predicted molar refractivity (Wildman–Crippen MR) is 105 cm³/mol. The van der Waals surface area contributed by atoms with Crippen LogP contribution in [0.3, 0.4) is 0 Å². The summed E-state index contributed by atoms with van der Waals surface area (Å²) < 4.78 is 21.2. The zero-order valence-corrected chi connectivity index (χ0v) is 15.9. The molecule has 0 unspecified atom stereocenters. The van der Waals surface area contributed by atoms with Gasteiger partial charge in [0, 0.05) is 7.05 Å². The lowest BCUT2D eigenvalue weighted by atomic mass is 10.1. The number of benzene rings is 2. The van der Waals surface area contributed by atoms with Crippen LogP contribution >= 0.6 is 0 Å². The molecule has 0 saturated carbocycles. The Morgan fingerprint density at radius 2 is 1.90 bits per heavy atom. The molecule has 0 atom stereocenters. The highest BCUT2D eigenvalue weighted by Crippen LogP contribution is 2.28. The van der Waals surface area contributed by atoms with Crippen LogP contribution in [0.4, 0.5) is 4.39 Å². The standard InChI is InChI=1S/C20H16FN7O2/c1-28-16(22-12-23-28)11-30-20-17(13-7-3-2-4-8-13)18(25-27-20)24-26-19(29)14-9-5-6-10-15(14)21/h2-10,12H,11H2,1H3,(H,26,29). The molecule has 3 aromatic rings. The number of nitrogens with one attached hydrogen (secondary N) is 1. The van der Waals surface area contributed by atoms with E-state index in [0.29, 0.717) is 11.4 Å². The first-order valence-corrected chi connectivity index (χ1v) is 8.93. The summed E-state index contributed by atoms with van der Waals surface area (Å²) in [4.78, 5) is 16.4. The minimum atomic E-state index is -0.698. The highest BCUT2D eigenvalue weighted by molar-refractivity contribution is 6.25. The largest absolute Gasteiger partial charge is 0.468 e. The van der Waals surface area contributed by atoms with Gasteiger partial charge >= 0.3 is 0 Å². The molecule has 4 rings (SSSR count). The number of azo groups is 1. The maximum atomic E-state index is 13.8. The average molecular weight is 405 g/mol. The van der Waals surface area contributed by atoms with Crippen molar-refractivity contribution >= 4 is 17.3 Å². The number of aryl methyl sites for hydroxylation is 1. The number of ether oxygens (including phenoxy) is 1. The van der Waals surface area contributed by atoms with Crippen molar-refractivity contribution < 1.29 is 13.9 Å². The van der Waals surface area contributed by atoms with Crippen LogP contribution in [-0.4, -0.2) is 26.5 Å². The monoisotopic (exact) mass is 405 g/mol. The predicted octanol–water partition coefficient (Wildman–Crippen LogP) is 3.05. The SMILES string of the molecule is Cn1ncnc1COC1=C(c2ccccc2)C(=NNC(=O)c2ccccc2F)N=N1. The van der Waals surface area contributed by atoms with E-state index in [2.05, 4.69) is 30.8 Å². The lowest BCUT2D eigenvalue weighted by Gasteiger charge is -2.08. The second-order valence-electron chi connectivity index (χ2n) is 6.19. The van der Waals surface area contributed by atoms with Gasteiger partial charge in [0.2, 0.25) is 11.7 Å². The van der Waals surface area contributed by atoms with Gasteiger partial charge < -0.3 is 4.74 Å². The number of hydrogen-bond acceptors (Lipinski definition) is 6. The number of hydrazone groups is 1. The molecule has 150 valence electrons. The van der Waals surface area contributed by atoms with Gasteiger partial charge in [-0.25, -0.2) is 14.8 Å². The molecule has 1 aliphatic rings. The minimum Gasteiger partial charge on any atom is -0.468 e. The lowest BCUT2D eigenvalue weighted by Crippen LogP contribution is -2.20. The quantitative estimate of drug-likeness (QED) is 0.636. The van der Waals surface area contributed by atoms with Gasteiger partial charge in [-0.3, -0.25) is 9.48 Å². The number of amides is 1. The van der Waals surface area contributed by atoms with Gasteiger partial charge in [-0.05, 0) is 17.7 Å². The summed E-state index contributed by atoms with van der Waals surface area (Å²) in [5.41, 5.74) is 3.43. The van der Waals surface area contributed by atoms with Gasteiger partial charge in [-0.15, -0.1) is 15.3 Å². The molecule has 10 heteroatoms. The summed E-state index contributed by atoms with van der Waals surface area (Å²) in [6, 6.07) is 14.9. The van der Waals surface area contributed by atoms with Crippen molar-refractivity contribution in [3.05, 3.63) is 89.6 Å². The molecule has 1 aliphatic heterocycles. The van der Waals surface area contributed by atoms with E-state index < -0.39 is 11.7 Å². The molecule has 0 fully saturated rings. The van der Waals surface area contributed by atoms with Crippen LogP contribution in [0.2, 0.25) is 0 Å². The number of hydrogen-bond donors (Lipinski definition) is 1. The maximum Gasteiger partial charge on any atom is 0.274 e. The van der Waals surface area contributed by atoms with Gasteiger partial charge in [0.25, 0.3) is 5.91 Å². The Balaban J connectivity index is 1.60. The van der Waals surface area contributed by atoms with Crippen molar-refractivity contribution in [3.8, 4) is 0 Å². The van der Waals surface area contributed by atoms with Gasteiger partial charge in [-0.1, -0.05) is 42.5 Å². The summed E-state index contributed by atoms with van der Waals surface area (Å²) in [5.74, 6) is -0.378. The zero-order chi connectivity index (χ0) is 20.9. The lowest BCUT2D eigenvalue weighted by molar-refractivity contribution is 0.0951. The van der Waals surface area contributed by atoms with Crippen LogP contribution in [0.15, 0.2) is 82.1 Å². The summed E-state index contributed by atoms with van der Waals surface area (Å²) in [5, 5.41) is 16.1. The Morgan fingerprint density at radius 1 is 1.13 bits per heavy atom. The van der Waals surface area contributed by atoms with Crippen molar-refractivity contribution in [1.82, 2.24) is 20.2 Å². The highest BCUT2D eigenvalue weighted by Gasteiger charge is 2.24. The number of carbonyl (C=O) groups excluding carboxylic acids is 1. The van der Waals surface area contributed by atoms with E-state index in [1.807, 2.05) is 30.3 Å². The van der Waals surface area contributed by atoms with Crippen molar-refractivity contribution in [2.75, 3.05) is 0 Å². The number of aromatic nitrogens is 3. The third-order valence-electron chi connectivity index (χ3n) is 4.26. The molecule has 0 saturated heterocycles. The van der Waals surface area contributed by atoms with Crippen LogP contribution in [0, 0.1) is 5.82 Å². The number of nitrogens with zero attached hydrogens (tertiary/aromatic N) is 6. The van der Waals surface area contributed by atoms with Crippen LogP contribution in [0.1, 0.15) is 21.7 Å². The minimum absolute atomic E-state index is 0.121. The van der Waals surface area contributed by atoms with Gasteiger partial charge in [0.1, 0.15) is 18.8 Å². The molecule has 9 nitrogen and oxygen atoms in total. The smallest absolute Gasteiger partial charge is 0.274 e. The van der Waals surface area contributed by atoms with E-state index in [4.69, 9.17) is 4.74 Å². The van der Waals surface area contributed by atoms with E-state index >= 15 is 0 Å². The van der Waals surface area contributed by atoms with Crippen LogP contribution in [-0.2, 0) is 18.4 Å². The van der Waals surface area contributed by atoms with Gasteiger partial charge in [0.15, 0.2) is 5.82 Å². The Morgan fingerprint density at radius 3 is 2.63 bits per heavy atom. The molecule has 0 radical (unpaired) electrons. The van der Waals surface area contributed by atoms with Gasteiger partial charge in [0.05, 0.1) is 11.1 Å². The molecule has 1 amide bonds. The molecule has 30 heavy (non-hydrogen) atoms. The van der Waals surface area contributed by atoms with Gasteiger partial charge in [-0.2, -0.15) is 5.10 Å². The normalized spacial score (nSPS) is 14.4. The summed E-state index contributed by atoms with van der Waals surface area (Å²) in [6.07, 6.45) is 1.42. The molecule has 2 heterocycles. The van der Waals surface area contributed by atoms with Crippen molar-refractivity contribution in [1.29, 1.82) is 0 Å². The molecular formula is C20H16FN7O2. The van der Waals surface area contributed by atoms with E-state index in [1.165, 1.54) is 24.5 Å². The summed E-state index contributed by atoms with van der Waals surface area (Å²) in [7, 11) is 1.75. The first-order chi connectivity index (χ1) is 14.6. The summed E-state index contributed by atoms with van der Waals surface area (Å²) in [6.45, 7) is 0.121. The fraction of sp³-hybridized carbons (Fsp3) is 0.100. The Kier molecular flexibility index (Phi) is 5.37. The third-order valence-corrected chi connectivity index (χ3v) is 4.26. The molecule has 1 aromatic heterocycles. The second-order valence-corrected chi connectivity index (χ2v) is 6.19. The highest BCUT2D eigenvalue weighted by atomic mass is 19.1. The number of halogens is 1. The fourth-order valence-corrected chi connectivity index (χ4v) is 2.72. The van der Waals surface area contributed by atoms with Crippen molar-refractivity contribution in [2.45, 2.75) is 6.61 Å². The Labute approximate surface area is 170 Å². The first kappa shape index (κ1) is 19.1. The van der Waals surface area contributed by atoms with Crippen molar-refractivity contribution in [3.63, 3.8) is 0 Å². The molecule has 1 N–H and O–H groups in total. The molecule has 0 aliphatic carbocycles. The van der Waals surface area contributed by atoms with Crippen LogP contribution in [0.25, 0.3) is 5.57 Å². The van der Waals surface area contributed by atoms with E-state index in [0.717, 1.165) is 5.56 Å².